The molecular weight excluding hydrogens is 392 g/mol. The fourth-order valence-corrected chi connectivity index (χ4v) is 3.89. The maximum absolute atomic E-state index is 13.5. The third-order valence-electron chi connectivity index (χ3n) is 5.21. The molecule has 2 aromatic rings. The van der Waals surface area contributed by atoms with E-state index in [1.807, 2.05) is 48.5 Å². The second-order valence-electron chi connectivity index (χ2n) is 8.84. The Labute approximate surface area is 182 Å². The van der Waals surface area contributed by atoms with Gasteiger partial charge in [-0.3, -0.25) is 14.4 Å². The molecule has 3 rings (SSSR count). The normalized spacial score (nSPS) is 16.4. The van der Waals surface area contributed by atoms with E-state index < -0.39 is 17.5 Å². The van der Waals surface area contributed by atoms with Crippen molar-refractivity contribution in [3.05, 3.63) is 65.2 Å². The lowest BCUT2D eigenvalue weighted by Gasteiger charge is -2.27. The molecule has 1 aliphatic rings. The third kappa shape index (κ3) is 6.15. The molecule has 7 nitrogen and oxygen atoms in total. The van der Waals surface area contributed by atoms with Crippen LogP contribution in [0.5, 0.6) is 0 Å². The highest BCUT2D eigenvalue weighted by Crippen LogP contribution is 2.29. The number of para-hydroxylation sites is 1. The molecule has 2 aromatic carbocycles. The summed E-state index contributed by atoms with van der Waals surface area (Å²) in [6.07, 6.45) is 1.48. The van der Waals surface area contributed by atoms with Gasteiger partial charge in [0.2, 0.25) is 17.7 Å². The number of fused-ring (bicyclic) bond motifs is 1. The zero-order chi connectivity index (χ0) is 22.6. The Morgan fingerprint density at radius 2 is 1.84 bits per heavy atom. The van der Waals surface area contributed by atoms with Gasteiger partial charge < -0.3 is 21.7 Å². The van der Waals surface area contributed by atoms with E-state index in [-0.39, 0.29) is 24.7 Å². The van der Waals surface area contributed by atoms with Gasteiger partial charge in [-0.2, -0.15) is 0 Å². The molecule has 7 heteroatoms. The molecule has 0 radical (unpaired) electrons. The van der Waals surface area contributed by atoms with Gasteiger partial charge in [-0.25, -0.2) is 0 Å². The van der Waals surface area contributed by atoms with Crippen LogP contribution in [-0.2, 0) is 33.8 Å². The van der Waals surface area contributed by atoms with Gasteiger partial charge in [0.1, 0.15) is 6.04 Å². The summed E-state index contributed by atoms with van der Waals surface area (Å²) >= 11 is 0. The highest BCUT2D eigenvalue weighted by molar-refractivity contribution is 6.00. The summed E-state index contributed by atoms with van der Waals surface area (Å²) in [6.45, 7) is 3.89. The molecule has 0 fully saturated rings. The number of carbonyl (C=O) groups is 3. The monoisotopic (exact) mass is 422 g/mol. The molecule has 0 spiro atoms. The lowest BCUT2D eigenvalue weighted by molar-refractivity contribution is -0.128. The first-order valence-corrected chi connectivity index (χ1v) is 10.5. The van der Waals surface area contributed by atoms with Crippen LogP contribution in [0.2, 0.25) is 0 Å². The minimum atomic E-state index is -0.651. The highest BCUT2D eigenvalue weighted by Gasteiger charge is 2.32. The fourth-order valence-electron chi connectivity index (χ4n) is 3.89. The van der Waals surface area contributed by atoms with Crippen molar-refractivity contribution >= 4 is 23.4 Å². The van der Waals surface area contributed by atoms with E-state index in [1.165, 1.54) is 0 Å². The number of nitrogens with one attached hydrogen (secondary N) is 1. The minimum Gasteiger partial charge on any atom is -0.369 e. The molecule has 0 unspecified atom stereocenters. The number of benzene rings is 2. The van der Waals surface area contributed by atoms with Crippen molar-refractivity contribution in [2.75, 3.05) is 4.90 Å². The Morgan fingerprint density at radius 1 is 1.13 bits per heavy atom. The number of primary amides is 1. The maximum atomic E-state index is 13.5. The average Bonchev–Trinajstić information content (AvgIpc) is 2.79. The standard InChI is InChI=1S/C24H30N4O3/c1-24(2,26)14-22(30)27-19-11-10-18-8-3-4-9-20(18)28(23(19)31)15-17-7-5-6-16(12-17)13-21(25)29/h3-9,12,19H,10-11,13-15,26H2,1-2H3,(H2,25,29)(H,27,30)/t19-/m1/s1. The number of amides is 3. The van der Waals surface area contributed by atoms with Crippen molar-refractivity contribution in [2.24, 2.45) is 11.5 Å². The van der Waals surface area contributed by atoms with Gasteiger partial charge in [-0.1, -0.05) is 42.5 Å². The van der Waals surface area contributed by atoms with Gasteiger partial charge in [0.05, 0.1) is 13.0 Å². The fraction of sp³-hybridized carbons (Fsp3) is 0.375. The largest absolute Gasteiger partial charge is 0.369 e. The SMILES string of the molecule is CC(C)(N)CC(=O)N[C@@H]1CCc2ccccc2N(Cc2cccc(CC(N)=O)c2)C1=O. The summed E-state index contributed by atoms with van der Waals surface area (Å²) in [6, 6.07) is 14.6. The number of anilines is 1. The molecule has 0 saturated heterocycles. The van der Waals surface area contributed by atoms with Crippen LogP contribution in [0.4, 0.5) is 5.69 Å². The van der Waals surface area contributed by atoms with Crippen molar-refractivity contribution in [1.29, 1.82) is 0 Å². The Hall–Kier alpha value is -3.19. The van der Waals surface area contributed by atoms with Crippen molar-refractivity contribution in [3.8, 4) is 0 Å². The molecule has 31 heavy (non-hydrogen) atoms. The van der Waals surface area contributed by atoms with Gasteiger partial charge in [0.25, 0.3) is 0 Å². The average molecular weight is 423 g/mol. The number of aryl methyl sites for hydroxylation is 1. The third-order valence-corrected chi connectivity index (χ3v) is 5.21. The summed E-state index contributed by atoms with van der Waals surface area (Å²) < 4.78 is 0. The Bertz CT molecular complexity index is 981. The topological polar surface area (TPSA) is 119 Å². The Balaban J connectivity index is 1.87. The smallest absolute Gasteiger partial charge is 0.249 e. The van der Waals surface area contributed by atoms with E-state index in [2.05, 4.69) is 5.32 Å². The van der Waals surface area contributed by atoms with Crippen molar-refractivity contribution in [3.63, 3.8) is 0 Å². The number of hydrogen-bond acceptors (Lipinski definition) is 4. The van der Waals surface area contributed by atoms with Crippen molar-refractivity contribution in [1.82, 2.24) is 5.32 Å². The number of nitrogens with two attached hydrogens (primary N) is 2. The van der Waals surface area contributed by atoms with Gasteiger partial charge in [-0.05, 0) is 49.4 Å². The first-order valence-electron chi connectivity index (χ1n) is 10.5. The Kier molecular flexibility index (Phi) is 6.75. The van der Waals surface area contributed by atoms with E-state index in [0.29, 0.717) is 19.4 Å². The van der Waals surface area contributed by atoms with Crippen molar-refractivity contribution < 1.29 is 14.4 Å². The number of carbonyl (C=O) groups excluding carboxylic acids is 3. The number of nitrogens with zero attached hydrogens (tertiary/aromatic N) is 1. The van der Waals surface area contributed by atoms with E-state index >= 15 is 0 Å². The first-order chi connectivity index (χ1) is 14.6. The summed E-state index contributed by atoms with van der Waals surface area (Å²) in [5.41, 5.74) is 14.2. The molecule has 1 atom stereocenters. The second kappa shape index (κ2) is 9.31. The lowest BCUT2D eigenvalue weighted by Crippen LogP contribution is -2.49. The summed E-state index contributed by atoms with van der Waals surface area (Å²) in [4.78, 5) is 38.9. The van der Waals surface area contributed by atoms with Gasteiger partial charge in [-0.15, -0.1) is 0 Å². The van der Waals surface area contributed by atoms with Crippen LogP contribution in [0.15, 0.2) is 48.5 Å². The summed E-state index contributed by atoms with van der Waals surface area (Å²) in [7, 11) is 0. The molecule has 0 saturated carbocycles. The van der Waals surface area contributed by atoms with Crippen LogP contribution in [0.3, 0.4) is 0 Å². The molecule has 164 valence electrons. The van der Waals surface area contributed by atoms with Gasteiger partial charge in [0.15, 0.2) is 0 Å². The van der Waals surface area contributed by atoms with Crippen LogP contribution in [0.25, 0.3) is 0 Å². The molecule has 0 aromatic heterocycles. The van der Waals surface area contributed by atoms with Crippen LogP contribution in [-0.4, -0.2) is 29.3 Å². The van der Waals surface area contributed by atoms with Gasteiger partial charge >= 0.3 is 0 Å². The number of hydrogen-bond donors (Lipinski definition) is 3. The maximum Gasteiger partial charge on any atom is 0.249 e. The van der Waals surface area contributed by atoms with Crippen LogP contribution < -0.4 is 21.7 Å². The number of rotatable bonds is 7. The Morgan fingerprint density at radius 3 is 2.55 bits per heavy atom. The molecule has 0 aliphatic carbocycles. The predicted molar refractivity (Wildman–Crippen MR) is 120 cm³/mol. The lowest BCUT2D eigenvalue weighted by atomic mass is 10.0. The first kappa shape index (κ1) is 22.5. The highest BCUT2D eigenvalue weighted by atomic mass is 16.2. The summed E-state index contributed by atoms with van der Waals surface area (Å²) in [5, 5.41) is 2.88. The van der Waals surface area contributed by atoms with E-state index in [1.54, 1.807) is 18.7 Å². The van der Waals surface area contributed by atoms with Crippen LogP contribution in [0.1, 0.15) is 43.4 Å². The van der Waals surface area contributed by atoms with Crippen LogP contribution >= 0.6 is 0 Å². The molecular formula is C24H30N4O3. The molecule has 1 aliphatic heterocycles. The quantitative estimate of drug-likeness (QED) is 0.630. The van der Waals surface area contributed by atoms with E-state index in [9.17, 15) is 14.4 Å². The molecule has 3 amide bonds. The van der Waals surface area contributed by atoms with E-state index in [4.69, 9.17) is 11.5 Å². The molecule has 0 bridgehead atoms. The minimum absolute atomic E-state index is 0.138. The van der Waals surface area contributed by atoms with Crippen molar-refractivity contribution in [2.45, 2.75) is 57.7 Å². The zero-order valence-electron chi connectivity index (χ0n) is 18.1. The molecule has 1 heterocycles. The van der Waals surface area contributed by atoms with Crippen LogP contribution in [0, 0.1) is 0 Å². The van der Waals surface area contributed by atoms with E-state index in [0.717, 1.165) is 22.4 Å². The summed E-state index contributed by atoms with van der Waals surface area (Å²) in [5.74, 6) is -0.799. The predicted octanol–water partition coefficient (Wildman–Crippen LogP) is 1.81. The second-order valence-corrected chi connectivity index (χ2v) is 8.84. The van der Waals surface area contributed by atoms with Gasteiger partial charge in [0, 0.05) is 17.6 Å². The molecule has 5 N–H and O–H groups in total. The zero-order valence-corrected chi connectivity index (χ0v) is 18.1.